The summed E-state index contributed by atoms with van der Waals surface area (Å²) in [6, 6.07) is -0.277. The second-order valence-electron chi connectivity index (χ2n) is 5.25. The van der Waals surface area contributed by atoms with E-state index >= 15 is 0 Å². The normalized spacial score (nSPS) is 22.9. The van der Waals surface area contributed by atoms with Crippen LogP contribution in [0.25, 0.3) is 0 Å². The van der Waals surface area contributed by atoms with Crippen molar-refractivity contribution >= 4 is 18.3 Å². The molecule has 2 unspecified atom stereocenters. The fourth-order valence-electron chi connectivity index (χ4n) is 2.49. The number of nitrogens with one attached hydrogen (secondary N) is 2. The van der Waals surface area contributed by atoms with Gasteiger partial charge in [0.1, 0.15) is 0 Å². The summed E-state index contributed by atoms with van der Waals surface area (Å²) in [5.41, 5.74) is -0.0123. The molecular weight excluding hydrogens is 268 g/mol. The molecule has 1 fully saturated rings. The highest BCUT2D eigenvalue weighted by Crippen LogP contribution is 2.29. The van der Waals surface area contributed by atoms with Gasteiger partial charge < -0.3 is 20.8 Å². The summed E-state index contributed by atoms with van der Waals surface area (Å²) in [5.74, 6) is -0.0456. The van der Waals surface area contributed by atoms with E-state index in [1.54, 1.807) is 0 Å². The zero-order valence-corrected chi connectivity index (χ0v) is 12.6. The fraction of sp³-hybridized carbons (Fsp3) is 0.923. The van der Waals surface area contributed by atoms with Gasteiger partial charge >= 0.3 is 0 Å². The molecule has 0 saturated carbocycles. The number of hydrogen-bond acceptors (Lipinski definition) is 4. The number of halogens is 1. The summed E-state index contributed by atoms with van der Waals surface area (Å²) in [6.07, 6.45) is 2.65. The van der Waals surface area contributed by atoms with Crippen LogP contribution in [0.15, 0.2) is 0 Å². The van der Waals surface area contributed by atoms with Crippen molar-refractivity contribution in [2.75, 3.05) is 19.7 Å². The van der Waals surface area contributed by atoms with Crippen LogP contribution in [0.3, 0.4) is 0 Å². The first kappa shape index (κ1) is 18.6. The van der Waals surface area contributed by atoms with Crippen molar-refractivity contribution < 1.29 is 15.0 Å². The summed E-state index contributed by atoms with van der Waals surface area (Å²) in [4.78, 5) is 11.9. The minimum atomic E-state index is -0.416. The van der Waals surface area contributed by atoms with Crippen LogP contribution in [-0.2, 0) is 4.79 Å². The predicted molar refractivity (Wildman–Crippen MR) is 77.4 cm³/mol. The molecule has 1 rings (SSSR count). The second kappa shape index (κ2) is 8.74. The monoisotopic (exact) mass is 294 g/mol. The maximum atomic E-state index is 11.9. The molecule has 0 aliphatic carbocycles. The Morgan fingerprint density at radius 2 is 2.05 bits per heavy atom. The van der Waals surface area contributed by atoms with Crippen molar-refractivity contribution in [1.29, 1.82) is 0 Å². The standard InChI is InChI=1S/C13H26N2O3.ClH/c1-3-13(4-2,5-6-16)9-15-12(18)11-7-10(17)8-14-11;/h10-11,14,16-17H,3-9H2,1-2H3,(H,15,18);1H. The Labute approximate surface area is 121 Å². The van der Waals surface area contributed by atoms with Crippen molar-refractivity contribution in [1.82, 2.24) is 10.6 Å². The second-order valence-corrected chi connectivity index (χ2v) is 5.25. The highest BCUT2D eigenvalue weighted by Gasteiger charge is 2.31. The molecule has 0 radical (unpaired) electrons. The molecule has 1 amide bonds. The lowest BCUT2D eigenvalue weighted by Crippen LogP contribution is -2.45. The van der Waals surface area contributed by atoms with E-state index in [0.29, 0.717) is 25.9 Å². The molecule has 114 valence electrons. The van der Waals surface area contributed by atoms with Crippen LogP contribution in [0.4, 0.5) is 0 Å². The van der Waals surface area contributed by atoms with Gasteiger partial charge in [-0.15, -0.1) is 12.4 Å². The number of aliphatic hydroxyl groups is 2. The molecule has 5 nitrogen and oxygen atoms in total. The quantitative estimate of drug-likeness (QED) is 0.549. The van der Waals surface area contributed by atoms with E-state index in [1.807, 2.05) is 0 Å². The average Bonchev–Trinajstić information content (AvgIpc) is 2.81. The van der Waals surface area contributed by atoms with E-state index < -0.39 is 6.10 Å². The number of amides is 1. The number of hydrogen-bond donors (Lipinski definition) is 4. The Morgan fingerprint density at radius 1 is 1.42 bits per heavy atom. The molecule has 1 aliphatic heterocycles. The minimum absolute atomic E-state index is 0. The topological polar surface area (TPSA) is 81.6 Å². The molecule has 0 bridgehead atoms. The maximum absolute atomic E-state index is 11.9. The Balaban J connectivity index is 0.00000324. The highest BCUT2D eigenvalue weighted by atomic mass is 35.5. The van der Waals surface area contributed by atoms with Crippen molar-refractivity contribution in [3.05, 3.63) is 0 Å². The Bertz CT molecular complexity index is 273. The van der Waals surface area contributed by atoms with Crippen LogP contribution in [0.1, 0.15) is 39.5 Å². The summed E-state index contributed by atoms with van der Waals surface area (Å²) < 4.78 is 0. The smallest absolute Gasteiger partial charge is 0.237 e. The van der Waals surface area contributed by atoms with Crippen molar-refractivity contribution in [3.8, 4) is 0 Å². The molecule has 0 aromatic rings. The van der Waals surface area contributed by atoms with Crippen LogP contribution in [0.2, 0.25) is 0 Å². The zero-order valence-electron chi connectivity index (χ0n) is 11.8. The van der Waals surface area contributed by atoms with Crippen molar-refractivity contribution in [2.45, 2.75) is 51.7 Å². The zero-order chi connectivity index (χ0) is 13.6. The van der Waals surface area contributed by atoms with Gasteiger partial charge in [-0.25, -0.2) is 0 Å². The van der Waals surface area contributed by atoms with Crippen LogP contribution in [0, 0.1) is 5.41 Å². The van der Waals surface area contributed by atoms with Crippen LogP contribution < -0.4 is 10.6 Å². The van der Waals surface area contributed by atoms with Gasteiger partial charge in [-0.2, -0.15) is 0 Å². The first-order valence-corrected chi connectivity index (χ1v) is 6.87. The number of carbonyl (C=O) groups excluding carboxylic acids is 1. The summed E-state index contributed by atoms with van der Waals surface area (Å²) in [7, 11) is 0. The summed E-state index contributed by atoms with van der Waals surface area (Å²) >= 11 is 0. The van der Waals surface area contributed by atoms with E-state index in [9.17, 15) is 9.90 Å². The molecule has 4 N–H and O–H groups in total. The number of carbonyl (C=O) groups is 1. The van der Waals surface area contributed by atoms with Crippen LogP contribution >= 0.6 is 12.4 Å². The van der Waals surface area contributed by atoms with Crippen molar-refractivity contribution in [2.24, 2.45) is 5.41 Å². The van der Waals surface area contributed by atoms with Gasteiger partial charge in [-0.3, -0.25) is 4.79 Å². The number of β-amino-alcohol motifs (C(OH)–C–C–N with tert-alkyl or cyclic N) is 1. The number of aliphatic hydroxyl groups excluding tert-OH is 2. The van der Waals surface area contributed by atoms with Gasteiger partial charge in [0.05, 0.1) is 12.1 Å². The van der Waals surface area contributed by atoms with Gasteiger partial charge in [0, 0.05) is 19.7 Å². The largest absolute Gasteiger partial charge is 0.396 e. The molecule has 0 aromatic heterocycles. The van der Waals surface area contributed by atoms with Gasteiger partial charge in [-0.05, 0) is 31.1 Å². The van der Waals surface area contributed by atoms with E-state index in [4.69, 9.17) is 5.11 Å². The molecule has 1 heterocycles. The van der Waals surface area contributed by atoms with E-state index in [1.165, 1.54) is 0 Å². The van der Waals surface area contributed by atoms with Gasteiger partial charge in [0.2, 0.25) is 5.91 Å². The van der Waals surface area contributed by atoms with E-state index in [2.05, 4.69) is 24.5 Å². The SMILES string of the molecule is CCC(CC)(CCO)CNC(=O)C1CC(O)CN1.Cl. The Morgan fingerprint density at radius 3 is 2.47 bits per heavy atom. The third-order valence-corrected chi connectivity index (χ3v) is 4.20. The first-order valence-electron chi connectivity index (χ1n) is 6.87. The Hall–Kier alpha value is -0.360. The fourth-order valence-corrected chi connectivity index (χ4v) is 2.49. The molecule has 1 aliphatic rings. The molecule has 6 heteroatoms. The minimum Gasteiger partial charge on any atom is -0.396 e. The molecule has 0 spiro atoms. The predicted octanol–water partition coefficient (Wildman–Crippen LogP) is 0.436. The third-order valence-electron chi connectivity index (χ3n) is 4.20. The highest BCUT2D eigenvalue weighted by molar-refractivity contribution is 5.85. The maximum Gasteiger partial charge on any atom is 0.237 e. The molecule has 2 atom stereocenters. The van der Waals surface area contributed by atoms with E-state index in [0.717, 1.165) is 12.8 Å². The lowest BCUT2D eigenvalue weighted by atomic mass is 9.79. The average molecular weight is 295 g/mol. The Kier molecular flexibility index (Phi) is 8.57. The van der Waals surface area contributed by atoms with Gasteiger partial charge in [-0.1, -0.05) is 13.8 Å². The van der Waals surface area contributed by atoms with E-state index in [-0.39, 0.29) is 36.4 Å². The third kappa shape index (κ3) is 5.26. The summed E-state index contributed by atoms with van der Waals surface area (Å²) in [6.45, 7) is 5.40. The molecule has 1 saturated heterocycles. The molecule has 19 heavy (non-hydrogen) atoms. The molecular formula is C13H27ClN2O3. The molecule has 0 aromatic carbocycles. The lowest BCUT2D eigenvalue weighted by molar-refractivity contribution is -0.123. The van der Waals surface area contributed by atoms with Crippen LogP contribution in [0.5, 0.6) is 0 Å². The first-order chi connectivity index (χ1) is 8.56. The lowest BCUT2D eigenvalue weighted by Gasteiger charge is -2.31. The van der Waals surface area contributed by atoms with Crippen LogP contribution in [-0.4, -0.2) is 48.0 Å². The van der Waals surface area contributed by atoms with Gasteiger partial charge in [0.15, 0.2) is 0 Å². The summed E-state index contributed by atoms with van der Waals surface area (Å²) in [5, 5.41) is 24.4. The number of rotatable bonds is 7. The van der Waals surface area contributed by atoms with Gasteiger partial charge in [0.25, 0.3) is 0 Å². The van der Waals surface area contributed by atoms with Crippen molar-refractivity contribution in [3.63, 3.8) is 0 Å².